The Labute approximate surface area is 117 Å². The van der Waals surface area contributed by atoms with Gasteiger partial charge in [0, 0.05) is 22.2 Å². The number of rotatable bonds is 4. The van der Waals surface area contributed by atoms with Crippen LogP contribution in [-0.4, -0.2) is 21.0 Å². The summed E-state index contributed by atoms with van der Waals surface area (Å²) in [5.74, 6) is -0.847. The first kappa shape index (κ1) is 13.3. The Morgan fingerprint density at radius 2 is 2.39 bits per heavy atom. The van der Waals surface area contributed by atoms with Crippen molar-refractivity contribution in [2.24, 2.45) is 0 Å². The predicted octanol–water partition coefficient (Wildman–Crippen LogP) is 3.28. The van der Waals surface area contributed by atoms with Gasteiger partial charge < -0.3 is 5.11 Å². The fourth-order valence-corrected chi connectivity index (χ4v) is 3.69. The van der Waals surface area contributed by atoms with Gasteiger partial charge in [-0.15, -0.1) is 11.3 Å². The highest BCUT2D eigenvalue weighted by molar-refractivity contribution is 8.01. The zero-order valence-electron chi connectivity index (χ0n) is 9.38. The number of aliphatic carboxylic acids is 1. The van der Waals surface area contributed by atoms with E-state index in [1.165, 1.54) is 23.1 Å². The molecular formula is C11H9ClN2O2S2. The first-order valence-corrected chi connectivity index (χ1v) is 7.03. The van der Waals surface area contributed by atoms with Gasteiger partial charge in [-0.05, 0) is 13.0 Å². The van der Waals surface area contributed by atoms with Crippen LogP contribution >= 0.6 is 34.7 Å². The Morgan fingerprint density at radius 1 is 1.61 bits per heavy atom. The Bertz CT molecular complexity index is 586. The monoisotopic (exact) mass is 300 g/mol. The smallest absolute Gasteiger partial charge is 0.308 e. The highest BCUT2D eigenvalue weighted by Gasteiger charge is 2.12. The number of carboxylic acids is 1. The summed E-state index contributed by atoms with van der Waals surface area (Å²) in [4.78, 5) is 20.6. The number of aromatic nitrogens is 2. The predicted molar refractivity (Wildman–Crippen MR) is 71.6 cm³/mol. The van der Waals surface area contributed by atoms with E-state index in [1.54, 1.807) is 18.5 Å². The molecule has 0 spiro atoms. The fraction of sp³-hybridized carbons (Fsp3) is 0.182. The fourth-order valence-electron chi connectivity index (χ4n) is 1.29. The molecule has 94 valence electrons. The molecule has 1 N–H and O–H groups in total. The van der Waals surface area contributed by atoms with Crippen molar-refractivity contribution in [3.05, 3.63) is 34.1 Å². The third-order valence-corrected chi connectivity index (χ3v) is 4.82. The molecule has 2 rings (SSSR count). The lowest BCUT2D eigenvalue weighted by Crippen LogP contribution is -1.99. The maximum absolute atomic E-state index is 10.7. The molecule has 0 aliphatic heterocycles. The van der Waals surface area contributed by atoms with Crippen LogP contribution in [-0.2, 0) is 11.2 Å². The number of thiazole rings is 1. The van der Waals surface area contributed by atoms with E-state index in [9.17, 15) is 4.79 Å². The lowest BCUT2D eigenvalue weighted by Gasteiger charge is -1.98. The minimum atomic E-state index is -0.847. The zero-order valence-corrected chi connectivity index (χ0v) is 11.8. The van der Waals surface area contributed by atoms with Crippen molar-refractivity contribution in [3.8, 4) is 0 Å². The minimum absolute atomic E-state index is 0.00807. The number of pyridine rings is 1. The number of aryl methyl sites for hydroxylation is 1. The molecule has 2 aromatic heterocycles. The van der Waals surface area contributed by atoms with Crippen LogP contribution in [0.2, 0.25) is 5.02 Å². The topological polar surface area (TPSA) is 63.1 Å². The molecule has 4 nitrogen and oxygen atoms in total. The molecule has 7 heteroatoms. The Kier molecular flexibility index (Phi) is 4.21. The van der Waals surface area contributed by atoms with Crippen LogP contribution in [0.4, 0.5) is 0 Å². The van der Waals surface area contributed by atoms with Crippen LogP contribution in [0.15, 0.2) is 27.7 Å². The molecule has 2 heterocycles. The van der Waals surface area contributed by atoms with Gasteiger partial charge in [-0.1, -0.05) is 23.4 Å². The molecule has 0 aromatic carbocycles. The molecule has 0 bridgehead atoms. The largest absolute Gasteiger partial charge is 0.481 e. The van der Waals surface area contributed by atoms with Gasteiger partial charge in [-0.25, -0.2) is 4.98 Å². The highest BCUT2D eigenvalue weighted by Crippen LogP contribution is 2.36. The number of halogens is 1. The third kappa shape index (κ3) is 3.22. The first-order chi connectivity index (χ1) is 8.56. The van der Waals surface area contributed by atoms with E-state index in [-0.39, 0.29) is 6.42 Å². The lowest BCUT2D eigenvalue weighted by molar-refractivity contribution is -0.136. The molecule has 18 heavy (non-hydrogen) atoms. The van der Waals surface area contributed by atoms with E-state index in [0.717, 1.165) is 19.8 Å². The molecule has 0 amide bonds. The molecule has 2 aromatic rings. The second kappa shape index (κ2) is 5.69. The molecule has 0 aliphatic rings. The summed E-state index contributed by atoms with van der Waals surface area (Å²) in [7, 11) is 0. The lowest BCUT2D eigenvalue weighted by atomic mass is 10.3. The number of carbonyl (C=O) groups is 1. The van der Waals surface area contributed by atoms with Gasteiger partial charge in [0.05, 0.1) is 17.1 Å². The molecule has 0 fully saturated rings. The van der Waals surface area contributed by atoms with Gasteiger partial charge >= 0.3 is 5.97 Å². The van der Waals surface area contributed by atoms with Gasteiger partial charge in [0.15, 0.2) is 4.34 Å². The number of carboxylic acid groups (broad SMARTS) is 1. The summed E-state index contributed by atoms with van der Waals surface area (Å²) >= 11 is 8.81. The van der Waals surface area contributed by atoms with Crippen LogP contribution in [0.25, 0.3) is 0 Å². The van der Waals surface area contributed by atoms with Gasteiger partial charge in [-0.3, -0.25) is 9.78 Å². The van der Waals surface area contributed by atoms with E-state index in [0.29, 0.717) is 5.02 Å². The van der Waals surface area contributed by atoms with Crippen molar-refractivity contribution in [2.45, 2.75) is 22.6 Å². The summed E-state index contributed by atoms with van der Waals surface area (Å²) in [6.07, 6.45) is 3.24. The summed E-state index contributed by atoms with van der Waals surface area (Å²) in [6, 6.07) is 1.81. The average molecular weight is 301 g/mol. The van der Waals surface area contributed by atoms with Crippen LogP contribution in [0, 0.1) is 6.92 Å². The summed E-state index contributed by atoms with van der Waals surface area (Å²) < 4.78 is 0.789. The third-order valence-electron chi connectivity index (χ3n) is 2.12. The van der Waals surface area contributed by atoms with Crippen molar-refractivity contribution >= 4 is 40.7 Å². The van der Waals surface area contributed by atoms with E-state index in [4.69, 9.17) is 16.7 Å². The molecule has 0 aliphatic carbocycles. The van der Waals surface area contributed by atoms with Gasteiger partial charge in [-0.2, -0.15) is 0 Å². The van der Waals surface area contributed by atoms with Crippen molar-refractivity contribution in [1.82, 2.24) is 9.97 Å². The standard InChI is InChI=1S/C11H9ClN2O2S2/c1-6-9(4-10(15)16)18-11(14-6)17-8-2-3-13-5-7(8)12/h2-3,5H,4H2,1H3,(H,15,16). The highest BCUT2D eigenvalue weighted by atomic mass is 35.5. The Morgan fingerprint density at radius 3 is 3.06 bits per heavy atom. The first-order valence-electron chi connectivity index (χ1n) is 5.01. The molecular weight excluding hydrogens is 292 g/mol. The molecule has 0 saturated heterocycles. The van der Waals surface area contributed by atoms with E-state index >= 15 is 0 Å². The second-order valence-electron chi connectivity index (χ2n) is 3.47. The molecule has 0 unspecified atom stereocenters. The van der Waals surface area contributed by atoms with E-state index in [2.05, 4.69) is 9.97 Å². The van der Waals surface area contributed by atoms with Gasteiger partial charge in [0.25, 0.3) is 0 Å². The molecule has 0 radical (unpaired) electrons. The van der Waals surface area contributed by atoms with Crippen molar-refractivity contribution < 1.29 is 9.90 Å². The normalized spacial score (nSPS) is 10.6. The van der Waals surface area contributed by atoms with Crippen LogP contribution in [0.5, 0.6) is 0 Å². The van der Waals surface area contributed by atoms with Crippen molar-refractivity contribution in [2.75, 3.05) is 0 Å². The number of hydrogen-bond donors (Lipinski definition) is 1. The minimum Gasteiger partial charge on any atom is -0.481 e. The number of hydrogen-bond acceptors (Lipinski definition) is 5. The van der Waals surface area contributed by atoms with E-state index in [1.807, 2.05) is 6.92 Å². The van der Waals surface area contributed by atoms with E-state index < -0.39 is 5.97 Å². The zero-order chi connectivity index (χ0) is 13.1. The number of nitrogens with zero attached hydrogens (tertiary/aromatic N) is 2. The Balaban J connectivity index is 2.20. The van der Waals surface area contributed by atoms with Crippen molar-refractivity contribution in [3.63, 3.8) is 0 Å². The summed E-state index contributed by atoms with van der Waals surface area (Å²) in [6.45, 7) is 1.81. The summed E-state index contributed by atoms with van der Waals surface area (Å²) in [5, 5.41) is 9.34. The van der Waals surface area contributed by atoms with Crippen LogP contribution < -0.4 is 0 Å². The second-order valence-corrected chi connectivity index (χ2v) is 6.25. The maximum atomic E-state index is 10.7. The SMILES string of the molecule is Cc1nc(Sc2ccncc2Cl)sc1CC(=O)O. The Hall–Kier alpha value is -1.11. The summed E-state index contributed by atoms with van der Waals surface area (Å²) in [5.41, 5.74) is 0.759. The average Bonchev–Trinajstić information content (AvgIpc) is 2.62. The van der Waals surface area contributed by atoms with Crippen molar-refractivity contribution in [1.29, 1.82) is 0 Å². The van der Waals surface area contributed by atoms with Gasteiger partial charge in [0.2, 0.25) is 0 Å². The van der Waals surface area contributed by atoms with Crippen LogP contribution in [0.3, 0.4) is 0 Å². The molecule has 0 saturated carbocycles. The molecule has 0 atom stereocenters. The van der Waals surface area contributed by atoms with Gasteiger partial charge in [0.1, 0.15) is 0 Å². The quantitative estimate of drug-likeness (QED) is 0.939. The van der Waals surface area contributed by atoms with Crippen LogP contribution in [0.1, 0.15) is 10.6 Å². The maximum Gasteiger partial charge on any atom is 0.308 e.